The lowest BCUT2D eigenvalue weighted by molar-refractivity contribution is 0.193. The second-order valence-corrected chi connectivity index (χ2v) is 4.43. The zero-order valence-corrected chi connectivity index (χ0v) is 9.51. The van der Waals surface area contributed by atoms with Crippen LogP contribution in [0.4, 0.5) is 4.79 Å². The molecule has 2 aliphatic rings. The monoisotopic (exact) mass is 208 g/mol. The molecule has 1 saturated heterocycles. The highest BCUT2D eigenvalue weighted by molar-refractivity contribution is 5.74. The molecular formula is C12H20N2O. The van der Waals surface area contributed by atoms with E-state index in [0.717, 1.165) is 38.9 Å². The Balaban J connectivity index is 1.77. The van der Waals surface area contributed by atoms with Crippen molar-refractivity contribution in [2.24, 2.45) is 0 Å². The molecule has 1 saturated carbocycles. The predicted molar refractivity (Wildman–Crippen MR) is 60.8 cm³/mol. The van der Waals surface area contributed by atoms with E-state index < -0.39 is 0 Å². The fourth-order valence-electron chi connectivity index (χ4n) is 2.09. The molecule has 1 heterocycles. The first-order valence-corrected chi connectivity index (χ1v) is 6.04. The number of likely N-dealkylation sites (tertiary alicyclic amines) is 1. The molecule has 3 nitrogen and oxygen atoms in total. The Kier molecular flexibility index (Phi) is 3.29. The lowest BCUT2D eigenvalue weighted by atomic mass is 10.0. The van der Waals surface area contributed by atoms with Crippen molar-refractivity contribution >= 4 is 6.03 Å². The molecular weight excluding hydrogens is 188 g/mol. The minimum absolute atomic E-state index is 0.122. The standard InChI is InChI=1S/C12H20N2O/c1-2-7-13-12(15)14-8-5-11(6-9-14)10-3-4-10/h2-9H2,1H3,(H,13,15). The summed E-state index contributed by atoms with van der Waals surface area (Å²) in [5.74, 6) is 0. The van der Waals surface area contributed by atoms with Gasteiger partial charge in [0.2, 0.25) is 0 Å². The van der Waals surface area contributed by atoms with Crippen LogP contribution in [0, 0.1) is 0 Å². The molecule has 2 fully saturated rings. The summed E-state index contributed by atoms with van der Waals surface area (Å²) in [5, 5.41) is 2.93. The van der Waals surface area contributed by atoms with Crippen LogP contribution < -0.4 is 5.32 Å². The summed E-state index contributed by atoms with van der Waals surface area (Å²) in [4.78, 5) is 13.6. The number of piperidine rings is 1. The van der Waals surface area contributed by atoms with Gasteiger partial charge in [-0.1, -0.05) is 18.1 Å². The minimum atomic E-state index is 0.122. The summed E-state index contributed by atoms with van der Waals surface area (Å²) in [6.07, 6.45) is 5.85. The molecule has 0 atom stereocenters. The van der Waals surface area contributed by atoms with E-state index in [1.807, 2.05) is 4.90 Å². The first kappa shape index (κ1) is 10.5. The Morgan fingerprint density at radius 1 is 1.20 bits per heavy atom. The molecule has 2 amide bonds. The lowest BCUT2D eigenvalue weighted by Gasteiger charge is -2.28. The topological polar surface area (TPSA) is 32.3 Å². The van der Waals surface area contributed by atoms with E-state index in [9.17, 15) is 4.79 Å². The number of nitrogens with zero attached hydrogens (tertiary/aromatic N) is 1. The van der Waals surface area contributed by atoms with Crippen LogP contribution in [0.3, 0.4) is 0 Å². The Morgan fingerprint density at radius 3 is 2.33 bits per heavy atom. The Morgan fingerprint density at radius 2 is 1.80 bits per heavy atom. The molecule has 0 aromatic heterocycles. The van der Waals surface area contributed by atoms with Gasteiger partial charge in [-0.05, 0) is 32.1 Å². The van der Waals surface area contributed by atoms with Crippen molar-refractivity contribution in [1.82, 2.24) is 10.2 Å². The Hall–Kier alpha value is -0.990. The quantitative estimate of drug-likeness (QED) is 0.694. The van der Waals surface area contributed by atoms with Crippen LogP contribution in [0.5, 0.6) is 0 Å². The van der Waals surface area contributed by atoms with Crippen molar-refractivity contribution < 1.29 is 4.79 Å². The van der Waals surface area contributed by atoms with Crippen LogP contribution in [0.15, 0.2) is 11.1 Å². The summed E-state index contributed by atoms with van der Waals surface area (Å²) in [5.41, 5.74) is 3.30. The van der Waals surface area contributed by atoms with Crippen molar-refractivity contribution in [3.8, 4) is 0 Å². The van der Waals surface area contributed by atoms with Crippen LogP contribution in [0.1, 0.15) is 39.0 Å². The van der Waals surface area contributed by atoms with Crippen molar-refractivity contribution in [3.63, 3.8) is 0 Å². The van der Waals surface area contributed by atoms with Gasteiger partial charge < -0.3 is 10.2 Å². The summed E-state index contributed by atoms with van der Waals surface area (Å²) in [6.45, 7) is 4.69. The number of hydrogen-bond acceptors (Lipinski definition) is 1. The minimum Gasteiger partial charge on any atom is -0.338 e. The second-order valence-electron chi connectivity index (χ2n) is 4.43. The van der Waals surface area contributed by atoms with Gasteiger partial charge in [-0.2, -0.15) is 0 Å². The molecule has 0 bridgehead atoms. The van der Waals surface area contributed by atoms with Gasteiger partial charge in [0.25, 0.3) is 0 Å². The van der Waals surface area contributed by atoms with Gasteiger partial charge >= 0.3 is 6.03 Å². The third-order valence-electron chi connectivity index (χ3n) is 3.18. The van der Waals surface area contributed by atoms with Gasteiger partial charge in [0.1, 0.15) is 0 Å². The summed E-state index contributed by atoms with van der Waals surface area (Å²) in [6, 6.07) is 0.122. The van der Waals surface area contributed by atoms with Gasteiger partial charge in [-0.15, -0.1) is 0 Å². The largest absolute Gasteiger partial charge is 0.338 e. The zero-order chi connectivity index (χ0) is 10.7. The number of carbonyl (C=O) groups is 1. The normalized spacial score (nSPS) is 20.5. The molecule has 0 radical (unpaired) electrons. The fourth-order valence-corrected chi connectivity index (χ4v) is 2.09. The Bertz CT molecular complexity index is 267. The summed E-state index contributed by atoms with van der Waals surface area (Å²) >= 11 is 0. The van der Waals surface area contributed by atoms with Gasteiger partial charge in [0.05, 0.1) is 0 Å². The second kappa shape index (κ2) is 4.69. The van der Waals surface area contributed by atoms with Gasteiger partial charge in [0.15, 0.2) is 0 Å². The number of carbonyl (C=O) groups excluding carboxylic acids is 1. The molecule has 0 spiro atoms. The van der Waals surface area contributed by atoms with Crippen LogP contribution >= 0.6 is 0 Å². The van der Waals surface area contributed by atoms with Crippen molar-refractivity contribution in [3.05, 3.63) is 11.1 Å². The van der Waals surface area contributed by atoms with Crippen LogP contribution in [0.2, 0.25) is 0 Å². The Labute approximate surface area is 91.5 Å². The fraction of sp³-hybridized carbons (Fsp3) is 0.750. The van der Waals surface area contributed by atoms with Crippen molar-refractivity contribution in [2.45, 2.75) is 39.0 Å². The molecule has 0 aromatic carbocycles. The maximum absolute atomic E-state index is 11.6. The van der Waals surface area contributed by atoms with Gasteiger partial charge in [0, 0.05) is 19.6 Å². The van der Waals surface area contributed by atoms with E-state index in [-0.39, 0.29) is 6.03 Å². The smallest absolute Gasteiger partial charge is 0.317 e. The number of amides is 2. The maximum atomic E-state index is 11.6. The maximum Gasteiger partial charge on any atom is 0.317 e. The molecule has 84 valence electrons. The van der Waals surface area contributed by atoms with Gasteiger partial charge in [-0.3, -0.25) is 0 Å². The number of rotatable bonds is 2. The number of nitrogens with one attached hydrogen (secondary N) is 1. The molecule has 0 aromatic rings. The van der Waals surface area contributed by atoms with Crippen LogP contribution in [-0.2, 0) is 0 Å². The molecule has 3 heteroatoms. The van der Waals surface area contributed by atoms with Crippen molar-refractivity contribution in [2.75, 3.05) is 19.6 Å². The molecule has 15 heavy (non-hydrogen) atoms. The SMILES string of the molecule is CCCNC(=O)N1CCC(=C2CC2)CC1. The van der Waals surface area contributed by atoms with E-state index in [1.54, 1.807) is 11.1 Å². The highest BCUT2D eigenvalue weighted by atomic mass is 16.2. The predicted octanol–water partition coefficient (Wildman–Crippen LogP) is 2.29. The number of allylic oxidation sites excluding steroid dienone is 1. The summed E-state index contributed by atoms with van der Waals surface area (Å²) < 4.78 is 0. The molecule has 0 unspecified atom stereocenters. The first-order valence-electron chi connectivity index (χ1n) is 6.04. The van der Waals surface area contributed by atoms with Gasteiger partial charge in [-0.25, -0.2) is 4.79 Å². The molecule has 1 aliphatic heterocycles. The van der Waals surface area contributed by atoms with E-state index in [2.05, 4.69) is 12.2 Å². The molecule has 1 aliphatic carbocycles. The summed E-state index contributed by atoms with van der Waals surface area (Å²) in [7, 11) is 0. The highest BCUT2D eigenvalue weighted by Crippen LogP contribution is 2.35. The first-order chi connectivity index (χ1) is 7.31. The number of urea groups is 1. The average Bonchev–Trinajstić information content (AvgIpc) is 3.10. The highest BCUT2D eigenvalue weighted by Gasteiger charge is 2.23. The van der Waals surface area contributed by atoms with Crippen LogP contribution in [0.25, 0.3) is 0 Å². The average molecular weight is 208 g/mol. The third-order valence-corrected chi connectivity index (χ3v) is 3.18. The lowest BCUT2D eigenvalue weighted by Crippen LogP contribution is -2.43. The van der Waals surface area contributed by atoms with E-state index in [0.29, 0.717) is 0 Å². The van der Waals surface area contributed by atoms with E-state index in [1.165, 1.54) is 12.8 Å². The van der Waals surface area contributed by atoms with Crippen LogP contribution in [-0.4, -0.2) is 30.6 Å². The molecule has 2 rings (SSSR count). The number of hydrogen-bond donors (Lipinski definition) is 1. The zero-order valence-electron chi connectivity index (χ0n) is 9.51. The third kappa shape index (κ3) is 2.74. The van der Waals surface area contributed by atoms with E-state index in [4.69, 9.17) is 0 Å². The van der Waals surface area contributed by atoms with E-state index >= 15 is 0 Å². The molecule has 1 N–H and O–H groups in total. The van der Waals surface area contributed by atoms with Crippen molar-refractivity contribution in [1.29, 1.82) is 0 Å².